The smallest absolute Gasteiger partial charge is 0.266 e. The number of sulfonamides is 1. The van der Waals surface area contributed by atoms with E-state index < -0.39 is 38.4 Å². The highest BCUT2D eigenvalue weighted by Crippen LogP contribution is 2.39. The number of rotatable bonds is 2. The van der Waals surface area contributed by atoms with Crippen LogP contribution in [0.5, 0.6) is 0 Å². The molecule has 0 spiro atoms. The molecule has 0 aliphatic carbocycles. The largest absolute Gasteiger partial charge is 0.416 e. The summed E-state index contributed by atoms with van der Waals surface area (Å²) >= 11 is 0. The Morgan fingerprint density at radius 3 is 1.92 bits per heavy atom. The molecule has 0 fully saturated rings. The molecule has 2 aromatic carbocycles. The van der Waals surface area contributed by atoms with Crippen LogP contribution in [0.2, 0.25) is 0 Å². The van der Waals surface area contributed by atoms with E-state index in [2.05, 4.69) is 0 Å². The fourth-order valence-electron chi connectivity index (χ4n) is 2.76. The van der Waals surface area contributed by atoms with E-state index in [1.165, 1.54) is 6.07 Å². The third-order valence-corrected chi connectivity index (χ3v) is 5.78. The average molecular weight is 395 g/mol. The number of nitrogens with zero attached hydrogens (tertiary/aromatic N) is 1. The molecule has 0 radical (unpaired) electrons. The summed E-state index contributed by atoms with van der Waals surface area (Å²) in [5, 5.41) is 0. The van der Waals surface area contributed by atoms with E-state index in [4.69, 9.17) is 0 Å². The van der Waals surface area contributed by atoms with Crippen LogP contribution in [0.15, 0.2) is 47.4 Å². The van der Waals surface area contributed by atoms with Gasteiger partial charge in [0.05, 0.1) is 21.7 Å². The fourth-order valence-corrected chi connectivity index (χ4v) is 4.34. The van der Waals surface area contributed by atoms with Gasteiger partial charge in [-0.05, 0) is 36.2 Å². The van der Waals surface area contributed by atoms with Crippen LogP contribution >= 0.6 is 0 Å². The third kappa shape index (κ3) is 3.25. The van der Waals surface area contributed by atoms with E-state index in [9.17, 15) is 34.8 Å². The first-order chi connectivity index (χ1) is 11.9. The van der Waals surface area contributed by atoms with Crippen LogP contribution in [-0.2, 0) is 28.8 Å². The van der Waals surface area contributed by atoms with Gasteiger partial charge in [-0.3, -0.25) is 4.31 Å². The second-order valence-electron chi connectivity index (χ2n) is 5.70. The molecule has 0 saturated carbocycles. The highest BCUT2D eigenvalue weighted by atomic mass is 32.2. The molecule has 3 nitrogen and oxygen atoms in total. The van der Waals surface area contributed by atoms with Gasteiger partial charge in [0.25, 0.3) is 10.0 Å². The lowest BCUT2D eigenvalue weighted by atomic mass is 10.1. The van der Waals surface area contributed by atoms with E-state index in [0.717, 1.165) is 4.31 Å². The number of hydrogen-bond acceptors (Lipinski definition) is 2. The number of halogens is 6. The molecule has 0 bridgehead atoms. The van der Waals surface area contributed by atoms with E-state index >= 15 is 0 Å². The van der Waals surface area contributed by atoms with Gasteiger partial charge in [-0.2, -0.15) is 26.3 Å². The molecular formula is C16H11F6NO2S. The van der Waals surface area contributed by atoms with Crippen molar-refractivity contribution in [2.45, 2.75) is 23.7 Å². The molecule has 140 valence electrons. The quantitative estimate of drug-likeness (QED) is 0.704. The number of hydrogen-bond donors (Lipinski definition) is 0. The van der Waals surface area contributed by atoms with Crippen LogP contribution in [0.3, 0.4) is 0 Å². The first kappa shape index (κ1) is 18.6. The third-order valence-electron chi connectivity index (χ3n) is 3.99. The molecule has 2 aromatic rings. The van der Waals surface area contributed by atoms with Gasteiger partial charge in [0.2, 0.25) is 0 Å². The summed E-state index contributed by atoms with van der Waals surface area (Å²) in [4.78, 5) is -1.05. The molecule has 26 heavy (non-hydrogen) atoms. The standard InChI is InChI=1S/C16H11F6NO2S/c17-15(18,19)11-7-12(16(20,21)22)9-13(8-11)26(24,25)23-6-5-10-3-1-2-4-14(10)23/h1-4,7-9H,5-6H2. The van der Waals surface area contributed by atoms with Gasteiger partial charge in [0.15, 0.2) is 0 Å². The minimum atomic E-state index is -5.12. The second kappa shape index (κ2) is 5.90. The van der Waals surface area contributed by atoms with Crippen LogP contribution in [0, 0.1) is 0 Å². The van der Waals surface area contributed by atoms with Gasteiger partial charge in [-0.1, -0.05) is 18.2 Å². The summed E-state index contributed by atoms with van der Waals surface area (Å²) in [7, 11) is -4.58. The van der Waals surface area contributed by atoms with Gasteiger partial charge in [0.1, 0.15) is 0 Å². The zero-order chi connectivity index (χ0) is 19.3. The monoisotopic (exact) mass is 395 g/mol. The highest BCUT2D eigenvalue weighted by molar-refractivity contribution is 7.92. The summed E-state index contributed by atoms with van der Waals surface area (Å²) in [6.45, 7) is -0.0563. The number of para-hydroxylation sites is 1. The summed E-state index contributed by atoms with van der Waals surface area (Å²) in [5.41, 5.74) is -2.44. The number of benzene rings is 2. The maximum atomic E-state index is 13.0. The minimum Gasteiger partial charge on any atom is -0.266 e. The highest BCUT2D eigenvalue weighted by Gasteiger charge is 2.40. The molecule has 0 saturated heterocycles. The Morgan fingerprint density at radius 1 is 0.846 bits per heavy atom. The van der Waals surface area contributed by atoms with Crippen molar-refractivity contribution in [3.05, 3.63) is 59.2 Å². The van der Waals surface area contributed by atoms with Gasteiger partial charge in [-0.25, -0.2) is 8.42 Å². The molecule has 1 heterocycles. The molecular weight excluding hydrogens is 384 g/mol. The molecule has 0 amide bonds. The zero-order valence-corrected chi connectivity index (χ0v) is 13.7. The molecule has 3 rings (SSSR count). The maximum Gasteiger partial charge on any atom is 0.416 e. The van der Waals surface area contributed by atoms with Crippen molar-refractivity contribution in [1.29, 1.82) is 0 Å². The number of alkyl halides is 6. The van der Waals surface area contributed by atoms with E-state index in [1.54, 1.807) is 18.2 Å². The first-order valence-electron chi connectivity index (χ1n) is 7.31. The molecule has 0 N–H and O–H groups in total. The fraction of sp³-hybridized carbons (Fsp3) is 0.250. The predicted octanol–water partition coefficient (Wildman–Crippen LogP) is 4.48. The van der Waals surface area contributed by atoms with Crippen LogP contribution in [0.25, 0.3) is 0 Å². The summed E-state index contributed by atoms with van der Waals surface area (Å²) < 4.78 is 104. The Kier molecular flexibility index (Phi) is 4.21. The van der Waals surface area contributed by atoms with Crippen molar-refractivity contribution in [3.63, 3.8) is 0 Å². The van der Waals surface area contributed by atoms with Gasteiger partial charge in [0, 0.05) is 6.54 Å². The van der Waals surface area contributed by atoms with Gasteiger partial charge < -0.3 is 0 Å². The first-order valence-corrected chi connectivity index (χ1v) is 8.75. The molecule has 0 aromatic heterocycles. The SMILES string of the molecule is O=S(=O)(c1cc(C(F)(F)F)cc(C(F)(F)F)c1)N1CCc2ccccc21. The van der Waals surface area contributed by atoms with Crippen LogP contribution in [-0.4, -0.2) is 15.0 Å². The van der Waals surface area contributed by atoms with E-state index in [1.807, 2.05) is 0 Å². The van der Waals surface area contributed by atoms with Crippen molar-refractivity contribution in [1.82, 2.24) is 0 Å². The van der Waals surface area contributed by atoms with Crippen molar-refractivity contribution >= 4 is 15.7 Å². The summed E-state index contributed by atoms with van der Waals surface area (Å²) in [5.74, 6) is 0. The Labute approximate surface area is 144 Å². The molecule has 0 unspecified atom stereocenters. The van der Waals surface area contributed by atoms with Gasteiger partial charge in [-0.15, -0.1) is 0 Å². The Balaban J connectivity index is 2.17. The van der Waals surface area contributed by atoms with Crippen molar-refractivity contribution < 1.29 is 34.8 Å². The lowest BCUT2D eigenvalue weighted by molar-refractivity contribution is -0.143. The lowest BCUT2D eigenvalue weighted by Crippen LogP contribution is -2.29. The Bertz CT molecular complexity index is 918. The van der Waals surface area contributed by atoms with Crippen molar-refractivity contribution in [2.75, 3.05) is 10.8 Å². The Morgan fingerprint density at radius 2 is 1.38 bits per heavy atom. The van der Waals surface area contributed by atoms with Gasteiger partial charge >= 0.3 is 12.4 Å². The van der Waals surface area contributed by atoms with Crippen LogP contribution in [0.1, 0.15) is 16.7 Å². The normalized spacial score (nSPS) is 15.2. The lowest BCUT2D eigenvalue weighted by Gasteiger charge is -2.21. The predicted molar refractivity (Wildman–Crippen MR) is 81.1 cm³/mol. The van der Waals surface area contributed by atoms with Crippen LogP contribution < -0.4 is 4.31 Å². The second-order valence-corrected chi connectivity index (χ2v) is 7.56. The Hall–Kier alpha value is -2.23. The average Bonchev–Trinajstić information content (AvgIpc) is 2.97. The minimum absolute atomic E-state index is 0.0563. The van der Waals surface area contributed by atoms with Crippen molar-refractivity contribution in [2.24, 2.45) is 0 Å². The number of anilines is 1. The molecule has 1 aliphatic rings. The number of fused-ring (bicyclic) bond motifs is 1. The van der Waals surface area contributed by atoms with Crippen LogP contribution in [0.4, 0.5) is 32.0 Å². The van der Waals surface area contributed by atoms with Crippen molar-refractivity contribution in [3.8, 4) is 0 Å². The zero-order valence-electron chi connectivity index (χ0n) is 12.9. The van der Waals surface area contributed by atoms with E-state index in [0.29, 0.717) is 12.0 Å². The molecule has 10 heteroatoms. The van der Waals surface area contributed by atoms with E-state index in [-0.39, 0.29) is 30.4 Å². The summed E-state index contributed by atoms with van der Waals surface area (Å²) in [6, 6.07) is 6.67. The summed E-state index contributed by atoms with van der Waals surface area (Å²) in [6.07, 6.45) is -9.91. The molecule has 1 aliphatic heterocycles. The topological polar surface area (TPSA) is 37.4 Å². The molecule has 0 atom stereocenters. The maximum absolute atomic E-state index is 13.0.